The van der Waals surface area contributed by atoms with Crippen molar-refractivity contribution in [3.05, 3.63) is 60.7 Å². The molecule has 0 spiro atoms. The molecule has 0 aromatic heterocycles. The van der Waals surface area contributed by atoms with E-state index in [9.17, 15) is 0 Å². The number of rotatable bonds is 7. The Labute approximate surface area is 187 Å². The fraction of sp³-hybridized carbons (Fsp3) is 0.478. The van der Waals surface area contributed by atoms with Crippen LogP contribution < -0.4 is 10.4 Å². The number of halogens is 1. The molecule has 0 radical (unpaired) electrons. The quantitative estimate of drug-likeness (QED) is 0.408. The van der Waals surface area contributed by atoms with E-state index in [4.69, 9.17) is 17.4 Å². The summed E-state index contributed by atoms with van der Waals surface area (Å²) in [6.07, 6.45) is 2.70. The van der Waals surface area contributed by atoms with Crippen LogP contribution in [0.4, 0.5) is 0 Å². The summed E-state index contributed by atoms with van der Waals surface area (Å²) in [5.74, 6) is 0. The first-order chi connectivity index (χ1) is 13.4. The molecule has 0 unspecified atom stereocenters. The zero-order chi connectivity index (χ0) is 20.2. The Bertz CT molecular complexity index is 690. The third-order valence-electron chi connectivity index (χ3n) is 6.00. The first kappa shape index (κ1) is 22.5. The Morgan fingerprint density at radius 3 is 1.96 bits per heavy atom. The van der Waals surface area contributed by atoms with E-state index in [2.05, 4.69) is 88.4 Å². The molecule has 2 nitrogen and oxygen atoms in total. The Morgan fingerprint density at radius 1 is 1.04 bits per heavy atom. The molecule has 3 atom stereocenters. The molecule has 0 amide bonds. The summed E-state index contributed by atoms with van der Waals surface area (Å²) in [5, 5.41) is 2.66. The molecule has 3 rings (SSSR count). The fourth-order valence-corrected chi connectivity index (χ4v) is 17.5. The predicted molar refractivity (Wildman–Crippen MR) is 117 cm³/mol. The van der Waals surface area contributed by atoms with E-state index in [1.807, 2.05) is 0 Å². The van der Waals surface area contributed by atoms with Gasteiger partial charge in [0.15, 0.2) is 0 Å². The van der Waals surface area contributed by atoms with Gasteiger partial charge >= 0.3 is 188 Å². The van der Waals surface area contributed by atoms with E-state index >= 15 is 0 Å². The van der Waals surface area contributed by atoms with Crippen molar-refractivity contribution in [3.8, 4) is 0 Å². The van der Waals surface area contributed by atoms with Gasteiger partial charge in [-0.3, -0.25) is 0 Å². The minimum atomic E-state index is -2.52. The standard InChI is InChI=1S/C23H31O2Si.ClH.Hg/c1-19(18-20-12-11-17-24-20)25-26(23(2,3)4,21-13-7-5-8-14-21)22-15-9-6-10-16-22;;/h5-10,13-16,18-20H,11-12,17H2,1-4H3;1H;/q;;+1/p-1/t19-,20+;;/m0../s1. The maximum atomic E-state index is 7.27. The molecule has 0 aliphatic carbocycles. The molecule has 1 heterocycles. The van der Waals surface area contributed by atoms with Gasteiger partial charge in [-0.1, -0.05) is 0 Å². The molecule has 1 aliphatic heterocycles. The topological polar surface area (TPSA) is 18.5 Å². The van der Waals surface area contributed by atoms with Crippen LogP contribution in [0.25, 0.3) is 0 Å². The molecule has 0 saturated carbocycles. The van der Waals surface area contributed by atoms with E-state index < -0.39 is 31.7 Å². The van der Waals surface area contributed by atoms with Gasteiger partial charge in [0.25, 0.3) is 0 Å². The minimum absolute atomic E-state index is 0.00570. The fourth-order valence-electron chi connectivity index (χ4n) is 4.52. The van der Waals surface area contributed by atoms with Crippen LogP contribution in [0.2, 0.25) is 8.46 Å². The molecule has 0 bridgehead atoms. The molecule has 2 aromatic rings. The van der Waals surface area contributed by atoms with Gasteiger partial charge in [-0.25, -0.2) is 0 Å². The van der Waals surface area contributed by atoms with E-state index in [-0.39, 0.29) is 11.1 Å². The molecule has 1 aliphatic rings. The zero-order valence-corrected chi connectivity index (χ0v) is 24.8. The van der Waals surface area contributed by atoms with E-state index in [0.717, 1.165) is 19.4 Å². The summed E-state index contributed by atoms with van der Waals surface area (Å²) in [6.45, 7) is 10.1. The predicted octanol–water partition coefficient (Wildman–Crippen LogP) is 5.16. The first-order valence-corrected chi connectivity index (χ1v) is 22.2. The molecular formula is C23H31ClHgO2Si. The number of benzene rings is 2. The van der Waals surface area contributed by atoms with Crippen LogP contribution in [0.1, 0.15) is 40.5 Å². The summed E-state index contributed by atoms with van der Waals surface area (Å²) in [6, 6.07) is 21.7. The van der Waals surface area contributed by atoms with Crippen LogP contribution in [-0.4, -0.2) is 27.1 Å². The number of hydrogen-bond donors (Lipinski definition) is 0. The van der Waals surface area contributed by atoms with Crippen LogP contribution in [-0.2, 0) is 32.5 Å². The van der Waals surface area contributed by atoms with Gasteiger partial charge in [-0.15, -0.1) is 0 Å². The summed E-state index contributed by atoms with van der Waals surface area (Å²) in [7, 11) is 4.13. The van der Waals surface area contributed by atoms with Crippen LogP contribution >= 0.6 is 8.25 Å². The molecule has 0 N–H and O–H groups in total. The number of hydrogen-bond acceptors (Lipinski definition) is 2. The van der Waals surface area contributed by atoms with Crippen molar-refractivity contribution in [2.45, 2.75) is 61.2 Å². The van der Waals surface area contributed by atoms with Crippen molar-refractivity contribution >= 4 is 26.9 Å². The third-order valence-corrected chi connectivity index (χ3v) is 20.3. The molecular weight excluding hydrogens is 572 g/mol. The molecule has 5 heteroatoms. The second-order valence-electron chi connectivity index (χ2n) is 8.86. The molecule has 1 saturated heterocycles. The normalized spacial score (nSPS) is 19.8. The third kappa shape index (κ3) is 4.59. The Hall–Kier alpha value is -0.198. The second kappa shape index (κ2) is 9.74. The summed E-state index contributed by atoms with van der Waals surface area (Å²) >= 11 is -1.58. The summed E-state index contributed by atoms with van der Waals surface area (Å²) in [5.41, 5.74) is 0. The van der Waals surface area contributed by atoms with Gasteiger partial charge in [-0.05, 0) is 0 Å². The van der Waals surface area contributed by atoms with Gasteiger partial charge in [0.05, 0.1) is 0 Å². The van der Waals surface area contributed by atoms with Crippen molar-refractivity contribution in [1.29, 1.82) is 0 Å². The van der Waals surface area contributed by atoms with Crippen molar-refractivity contribution < 1.29 is 32.5 Å². The van der Waals surface area contributed by atoms with Crippen LogP contribution in [0.5, 0.6) is 0 Å². The van der Waals surface area contributed by atoms with E-state index in [1.165, 1.54) is 10.4 Å². The summed E-state index contributed by atoms with van der Waals surface area (Å²) in [4.78, 5) is 0. The number of ether oxygens (including phenoxy) is 1. The van der Waals surface area contributed by atoms with Crippen molar-refractivity contribution in [1.82, 2.24) is 0 Å². The average molecular weight is 604 g/mol. The van der Waals surface area contributed by atoms with Crippen molar-refractivity contribution in [2.75, 3.05) is 6.61 Å². The van der Waals surface area contributed by atoms with E-state index in [0.29, 0.717) is 9.53 Å². The van der Waals surface area contributed by atoms with Gasteiger partial charge in [-0.2, -0.15) is 0 Å². The molecule has 1 fully saturated rings. The Kier molecular flexibility index (Phi) is 7.82. The van der Waals surface area contributed by atoms with Gasteiger partial charge < -0.3 is 0 Å². The summed E-state index contributed by atoms with van der Waals surface area (Å²) < 4.78 is 13.7. The molecule has 2 aromatic carbocycles. The van der Waals surface area contributed by atoms with Crippen molar-refractivity contribution in [3.63, 3.8) is 0 Å². The Balaban J connectivity index is 2.07. The van der Waals surface area contributed by atoms with Crippen LogP contribution in [0.15, 0.2) is 60.7 Å². The Morgan fingerprint density at radius 2 is 1.57 bits per heavy atom. The SMILES string of the molecule is C[C@H](O[Si](c1ccccc1)(c1ccccc1)C(C)(C)C)[C@H]([Hg][Cl])[C@H]1CCCO1. The van der Waals surface area contributed by atoms with Gasteiger partial charge in [0, 0.05) is 0 Å². The van der Waals surface area contributed by atoms with Crippen molar-refractivity contribution in [2.24, 2.45) is 0 Å². The molecule has 28 heavy (non-hydrogen) atoms. The van der Waals surface area contributed by atoms with Crippen LogP contribution in [0, 0.1) is 0 Å². The maximum absolute atomic E-state index is 7.27. The van der Waals surface area contributed by atoms with Gasteiger partial charge in [0.1, 0.15) is 0 Å². The average Bonchev–Trinajstić information content (AvgIpc) is 3.21. The first-order valence-electron chi connectivity index (χ1n) is 10.4. The zero-order valence-electron chi connectivity index (χ0n) is 17.5. The second-order valence-corrected chi connectivity index (χ2v) is 20.7. The van der Waals surface area contributed by atoms with Crippen LogP contribution in [0.3, 0.4) is 0 Å². The molecule has 148 valence electrons. The van der Waals surface area contributed by atoms with E-state index in [1.54, 1.807) is 0 Å². The monoisotopic (exact) mass is 604 g/mol. The van der Waals surface area contributed by atoms with Gasteiger partial charge in [0.2, 0.25) is 0 Å².